The number of carbonyl (C=O) groups excluding carboxylic acids is 1. The highest BCUT2D eigenvalue weighted by Crippen LogP contribution is 2.34. The second kappa shape index (κ2) is 8.25. The van der Waals surface area contributed by atoms with Gasteiger partial charge in [-0.15, -0.1) is 12.4 Å². The van der Waals surface area contributed by atoms with Crippen molar-refractivity contribution in [1.82, 2.24) is 0 Å². The van der Waals surface area contributed by atoms with Crippen molar-refractivity contribution in [3.8, 4) is 11.5 Å². The Labute approximate surface area is 138 Å². The van der Waals surface area contributed by atoms with Crippen molar-refractivity contribution in [1.29, 1.82) is 0 Å². The molecule has 1 aromatic carbocycles. The average Bonchev–Trinajstić information content (AvgIpc) is 2.56. The lowest BCUT2D eigenvalue weighted by atomic mass is 10.1. The molecule has 1 atom stereocenters. The fourth-order valence-corrected chi connectivity index (χ4v) is 2.27. The van der Waals surface area contributed by atoms with Gasteiger partial charge in [0.05, 0.1) is 12.3 Å². The minimum absolute atomic E-state index is 0. The minimum Gasteiger partial charge on any atom is -0.494 e. The van der Waals surface area contributed by atoms with Crippen LogP contribution in [0, 0.1) is 5.92 Å². The molecule has 1 aliphatic heterocycles. The quantitative estimate of drug-likeness (QED) is 0.844. The third kappa shape index (κ3) is 4.52. The van der Waals surface area contributed by atoms with Crippen LogP contribution >= 0.6 is 12.4 Å². The fraction of sp³-hybridized carbons (Fsp3) is 0.562. The molecule has 1 heterocycles. The first kappa shape index (κ1) is 18.6. The number of benzene rings is 1. The van der Waals surface area contributed by atoms with Crippen LogP contribution in [0.25, 0.3) is 0 Å². The monoisotopic (exact) mass is 328 g/mol. The van der Waals surface area contributed by atoms with Crippen molar-refractivity contribution >= 4 is 24.0 Å². The van der Waals surface area contributed by atoms with Gasteiger partial charge in [0, 0.05) is 13.1 Å². The summed E-state index contributed by atoms with van der Waals surface area (Å²) >= 11 is 0. The van der Waals surface area contributed by atoms with E-state index in [0.29, 0.717) is 24.0 Å². The van der Waals surface area contributed by atoms with E-state index in [2.05, 4.69) is 13.8 Å². The van der Waals surface area contributed by atoms with Crippen LogP contribution in [0.5, 0.6) is 11.5 Å². The summed E-state index contributed by atoms with van der Waals surface area (Å²) in [6, 6.07) is 4.90. The third-order valence-electron chi connectivity index (χ3n) is 3.55. The summed E-state index contributed by atoms with van der Waals surface area (Å²) in [5.41, 5.74) is 6.47. The number of fused-ring (bicyclic) bond motifs is 1. The molecule has 5 nitrogen and oxygen atoms in total. The van der Waals surface area contributed by atoms with Gasteiger partial charge >= 0.3 is 0 Å². The van der Waals surface area contributed by atoms with Crippen LogP contribution < -0.4 is 20.1 Å². The Morgan fingerprint density at radius 3 is 2.86 bits per heavy atom. The number of amides is 1. The minimum atomic E-state index is -0.627. The first-order valence-electron chi connectivity index (χ1n) is 7.42. The van der Waals surface area contributed by atoms with Gasteiger partial charge in [0.2, 0.25) is 5.91 Å². The van der Waals surface area contributed by atoms with Crippen LogP contribution in [0.15, 0.2) is 18.2 Å². The van der Waals surface area contributed by atoms with Gasteiger partial charge in [-0.3, -0.25) is 4.79 Å². The number of hydrogen-bond donors (Lipinski definition) is 1. The first-order valence-corrected chi connectivity index (χ1v) is 7.42. The van der Waals surface area contributed by atoms with Gasteiger partial charge in [0.1, 0.15) is 24.1 Å². The van der Waals surface area contributed by atoms with Crippen LogP contribution in [0.4, 0.5) is 5.69 Å². The highest BCUT2D eigenvalue weighted by molar-refractivity contribution is 5.98. The molecule has 2 rings (SSSR count). The molecule has 6 heteroatoms. The summed E-state index contributed by atoms with van der Waals surface area (Å²) in [6.07, 6.45) is 2.16. The molecule has 0 spiro atoms. The fourth-order valence-electron chi connectivity index (χ4n) is 2.27. The van der Waals surface area contributed by atoms with Gasteiger partial charge in [-0.1, -0.05) is 13.8 Å². The number of ether oxygens (including phenoxy) is 2. The molecule has 0 unspecified atom stereocenters. The molecule has 0 aromatic heterocycles. The topological polar surface area (TPSA) is 64.8 Å². The van der Waals surface area contributed by atoms with E-state index in [9.17, 15) is 4.79 Å². The van der Waals surface area contributed by atoms with Crippen LogP contribution in [0.3, 0.4) is 0 Å². The molecule has 0 fully saturated rings. The Morgan fingerprint density at radius 2 is 2.18 bits per heavy atom. The number of anilines is 1. The summed E-state index contributed by atoms with van der Waals surface area (Å²) in [6.45, 7) is 5.27. The molecule has 0 radical (unpaired) electrons. The van der Waals surface area contributed by atoms with Gasteiger partial charge < -0.3 is 20.1 Å². The zero-order valence-corrected chi connectivity index (χ0v) is 14.2. The summed E-state index contributed by atoms with van der Waals surface area (Å²) < 4.78 is 11.3. The normalized spacial score (nSPS) is 17.4. The van der Waals surface area contributed by atoms with E-state index >= 15 is 0 Å². The van der Waals surface area contributed by atoms with Crippen LogP contribution in [-0.4, -0.2) is 32.2 Å². The molecule has 2 N–H and O–H groups in total. The molecule has 1 amide bonds. The average molecular weight is 329 g/mol. The number of carbonyl (C=O) groups is 1. The number of likely N-dealkylation sites (N-methyl/N-ethyl adjacent to an activating group) is 1. The number of rotatable bonds is 5. The maximum Gasteiger partial charge on any atom is 0.247 e. The summed E-state index contributed by atoms with van der Waals surface area (Å²) in [4.78, 5) is 13.6. The molecular weight excluding hydrogens is 304 g/mol. The molecule has 1 aliphatic rings. The van der Waals surface area contributed by atoms with Crippen molar-refractivity contribution < 1.29 is 14.3 Å². The van der Waals surface area contributed by atoms with Crippen molar-refractivity contribution in [3.63, 3.8) is 0 Å². The van der Waals surface area contributed by atoms with E-state index in [1.165, 1.54) is 4.90 Å². The molecule has 124 valence electrons. The van der Waals surface area contributed by atoms with Crippen LogP contribution in [-0.2, 0) is 4.79 Å². The first-order chi connectivity index (χ1) is 9.99. The Morgan fingerprint density at radius 1 is 1.45 bits per heavy atom. The smallest absolute Gasteiger partial charge is 0.247 e. The van der Waals surface area contributed by atoms with E-state index in [1.807, 2.05) is 18.2 Å². The van der Waals surface area contributed by atoms with E-state index in [0.717, 1.165) is 18.6 Å². The predicted molar refractivity (Wildman–Crippen MR) is 90.1 cm³/mol. The van der Waals surface area contributed by atoms with E-state index in [1.54, 1.807) is 7.05 Å². The standard InChI is InChI=1S/C16H24N2O3.ClH/c1-11(2)5-4-8-20-12-6-7-15-14(9-12)18(3)16(19)13(17)10-21-15;/h6-7,9,11,13H,4-5,8,10,17H2,1-3H3;1H/t13-;/m0./s1. The van der Waals surface area contributed by atoms with Crippen molar-refractivity contribution in [2.45, 2.75) is 32.7 Å². The number of hydrogen-bond acceptors (Lipinski definition) is 4. The summed E-state index contributed by atoms with van der Waals surface area (Å²) in [5, 5.41) is 0. The van der Waals surface area contributed by atoms with E-state index < -0.39 is 6.04 Å². The van der Waals surface area contributed by atoms with Gasteiger partial charge in [0.15, 0.2) is 0 Å². The maximum absolute atomic E-state index is 12.0. The summed E-state index contributed by atoms with van der Waals surface area (Å²) in [5.74, 6) is 1.94. The Kier molecular flexibility index (Phi) is 6.97. The second-order valence-electron chi connectivity index (χ2n) is 5.83. The van der Waals surface area contributed by atoms with Gasteiger partial charge in [-0.2, -0.15) is 0 Å². The Bertz CT molecular complexity index is 508. The lowest BCUT2D eigenvalue weighted by Gasteiger charge is -2.18. The lowest BCUT2D eigenvalue weighted by molar-refractivity contribution is -0.119. The highest BCUT2D eigenvalue weighted by atomic mass is 35.5. The largest absolute Gasteiger partial charge is 0.494 e. The van der Waals surface area contributed by atoms with E-state index in [-0.39, 0.29) is 24.9 Å². The number of nitrogens with zero attached hydrogens (tertiary/aromatic N) is 1. The second-order valence-corrected chi connectivity index (χ2v) is 5.83. The zero-order chi connectivity index (χ0) is 15.4. The van der Waals surface area contributed by atoms with Crippen molar-refractivity contribution in [2.24, 2.45) is 11.7 Å². The summed E-state index contributed by atoms with van der Waals surface area (Å²) in [7, 11) is 1.71. The number of nitrogens with two attached hydrogens (primary N) is 1. The molecule has 0 aliphatic carbocycles. The van der Waals surface area contributed by atoms with Gasteiger partial charge in [-0.05, 0) is 30.9 Å². The van der Waals surface area contributed by atoms with Crippen molar-refractivity contribution in [3.05, 3.63) is 18.2 Å². The SMILES string of the molecule is CC(C)CCCOc1ccc2c(c1)N(C)C(=O)[C@@H](N)CO2.Cl. The van der Waals surface area contributed by atoms with Crippen molar-refractivity contribution in [2.75, 3.05) is 25.2 Å². The van der Waals surface area contributed by atoms with E-state index in [4.69, 9.17) is 15.2 Å². The molecule has 0 bridgehead atoms. The van der Waals surface area contributed by atoms with Crippen LogP contribution in [0.1, 0.15) is 26.7 Å². The van der Waals surface area contributed by atoms with Crippen LogP contribution in [0.2, 0.25) is 0 Å². The molecule has 22 heavy (non-hydrogen) atoms. The Balaban J connectivity index is 0.00000242. The zero-order valence-electron chi connectivity index (χ0n) is 13.4. The highest BCUT2D eigenvalue weighted by Gasteiger charge is 2.26. The molecular formula is C16H25ClN2O3. The van der Waals surface area contributed by atoms with Gasteiger partial charge in [-0.25, -0.2) is 0 Å². The number of halogens is 1. The molecule has 0 saturated carbocycles. The molecule has 1 aromatic rings. The molecule has 0 saturated heterocycles. The maximum atomic E-state index is 12.0. The lowest BCUT2D eigenvalue weighted by Crippen LogP contribution is -2.43. The predicted octanol–water partition coefficient (Wildman–Crippen LogP) is 2.61. The Hall–Kier alpha value is -1.46. The third-order valence-corrected chi connectivity index (χ3v) is 3.55. The van der Waals surface area contributed by atoms with Gasteiger partial charge in [0.25, 0.3) is 0 Å².